The van der Waals surface area contributed by atoms with Gasteiger partial charge in [0.05, 0.1) is 0 Å². The molecule has 0 aliphatic heterocycles. The first-order valence-corrected chi connectivity index (χ1v) is 7.71. The van der Waals surface area contributed by atoms with Crippen LogP contribution < -0.4 is 5.32 Å². The Hall–Kier alpha value is -2.82. The van der Waals surface area contributed by atoms with E-state index in [1.165, 1.54) is 0 Å². The van der Waals surface area contributed by atoms with E-state index in [9.17, 15) is 14.7 Å². The largest absolute Gasteiger partial charge is 0.480 e. The summed E-state index contributed by atoms with van der Waals surface area (Å²) in [4.78, 5) is 23.3. The molecule has 24 heavy (non-hydrogen) atoms. The number of amides is 1. The summed E-state index contributed by atoms with van der Waals surface area (Å²) in [6, 6.07) is 14.0. The number of carboxylic acid groups (broad SMARTS) is 1. The number of aliphatic carboxylic acids is 1. The molecule has 0 saturated carbocycles. The molecule has 2 N–H and O–H groups in total. The van der Waals surface area contributed by atoms with E-state index in [1.807, 2.05) is 62.4 Å². The smallest absolute Gasteiger partial charge is 0.408 e. The van der Waals surface area contributed by atoms with Crippen molar-refractivity contribution in [3.05, 3.63) is 70.8 Å². The molecular formula is C19H21NO4. The first kappa shape index (κ1) is 17.5. The third-order valence-corrected chi connectivity index (χ3v) is 3.52. The van der Waals surface area contributed by atoms with Crippen LogP contribution in [0.1, 0.15) is 22.3 Å². The van der Waals surface area contributed by atoms with Gasteiger partial charge in [-0.15, -0.1) is 0 Å². The summed E-state index contributed by atoms with van der Waals surface area (Å²) in [5.74, 6) is -1.09. The minimum absolute atomic E-state index is 0.0998. The summed E-state index contributed by atoms with van der Waals surface area (Å²) in [6.07, 6.45) is -0.534. The number of carbonyl (C=O) groups is 2. The lowest BCUT2D eigenvalue weighted by molar-refractivity contribution is -0.139. The molecule has 126 valence electrons. The van der Waals surface area contributed by atoms with Crippen molar-refractivity contribution < 1.29 is 19.4 Å². The summed E-state index contributed by atoms with van der Waals surface area (Å²) in [5.41, 5.74) is 3.82. The maximum Gasteiger partial charge on any atom is 0.408 e. The highest BCUT2D eigenvalue weighted by molar-refractivity contribution is 5.80. The molecule has 0 fully saturated rings. The summed E-state index contributed by atoms with van der Waals surface area (Å²) < 4.78 is 5.08. The summed E-state index contributed by atoms with van der Waals surface area (Å²) in [6.45, 7) is 4.00. The molecule has 1 amide bonds. The van der Waals surface area contributed by atoms with Gasteiger partial charge >= 0.3 is 12.1 Å². The molecule has 1 unspecified atom stereocenters. The number of carbonyl (C=O) groups excluding carboxylic acids is 1. The Bertz CT molecular complexity index is 692. The molecule has 2 rings (SSSR count). The third-order valence-electron chi connectivity index (χ3n) is 3.52. The van der Waals surface area contributed by atoms with Gasteiger partial charge in [0.1, 0.15) is 12.6 Å². The number of nitrogens with one attached hydrogen (secondary N) is 1. The molecular weight excluding hydrogens is 306 g/mol. The zero-order valence-corrected chi connectivity index (χ0v) is 13.8. The lowest BCUT2D eigenvalue weighted by Crippen LogP contribution is -2.42. The van der Waals surface area contributed by atoms with Crippen molar-refractivity contribution in [1.82, 2.24) is 5.32 Å². The van der Waals surface area contributed by atoms with Gasteiger partial charge in [-0.3, -0.25) is 0 Å². The number of benzene rings is 2. The molecule has 1 atom stereocenters. The fourth-order valence-corrected chi connectivity index (χ4v) is 2.53. The second-order valence-electron chi connectivity index (χ2n) is 5.80. The third kappa shape index (κ3) is 5.43. The van der Waals surface area contributed by atoms with Gasteiger partial charge in [0.2, 0.25) is 0 Å². The predicted octanol–water partition coefficient (Wildman–Crippen LogP) is 3.23. The van der Waals surface area contributed by atoms with Crippen molar-refractivity contribution in [1.29, 1.82) is 0 Å². The maximum absolute atomic E-state index is 11.9. The van der Waals surface area contributed by atoms with Crippen molar-refractivity contribution in [2.75, 3.05) is 0 Å². The van der Waals surface area contributed by atoms with Crippen LogP contribution in [0.25, 0.3) is 0 Å². The Morgan fingerprint density at radius 3 is 2.25 bits per heavy atom. The van der Waals surface area contributed by atoms with Gasteiger partial charge in [0.15, 0.2) is 0 Å². The molecule has 0 aromatic heterocycles. The predicted molar refractivity (Wildman–Crippen MR) is 90.8 cm³/mol. The molecule has 0 spiro atoms. The van der Waals surface area contributed by atoms with E-state index in [-0.39, 0.29) is 13.0 Å². The Balaban J connectivity index is 1.95. The van der Waals surface area contributed by atoms with Gasteiger partial charge in [-0.05, 0) is 25.0 Å². The van der Waals surface area contributed by atoms with E-state index >= 15 is 0 Å². The Morgan fingerprint density at radius 1 is 1.04 bits per heavy atom. The summed E-state index contributed by atoms with van der Waals surface area (Å²) >= 11 is 0. The van der Waals surface area contributed by atoms with Gasteiger partial charge < -0.3 is 15.2 Å². The van der Waals surface area contributed by atoms with Crippen LogP contribution in [0.4, 0.5) is 4.79 Å². The number of hydrogen-bond donors (Lipinski definition) is 2. The molecule has 0 aliphatic rings. The second kappa shape index (κ2) is 8.15. The molecule has 5 nitrogen and oxygen atoms in total. The van der Waals surface area contributed by atoms with Gasteiger partial charge in [-0.2, -0.15) is 0 Å². The molecule has 2 aromatic rings. The zero-order chi connectivity index (χ0) is 17.5. The fourth-order valence-electron chi connectivity index (χ4n) is 2.53. The fraction of sp³-hybridized carbons (Fsp3) is 0.263. The van der Waals surface area contributed by atoms with Crippen molar-refractivity contribution >= 4 is 12.1 Å². The lowest BCUT2D eigenvalue weighted by atomic mass is 10.0. The SMILES string of the molecule is Cc1cc(C)cc(CC(NC(=O)OCc2ccccc2)C(=O)O)c1. The molecule has 0 saturated heterocycles. The Morgan fingerprint density at radius 2 is 1.67 bits per heavy atom. The number of hydrogen-bond acceptors (Lipinski definition) is 3. The van der Waals surface area contributed by atoms with Crippen LogP contribution in [0.15, 0.2) is 48.5 Å². The van der Waals surface area contributed by atoms with E-state index in [0.717, 1.165) is 22.3 Å². The van der Waals surface area contributed by atoms with Crippen LogP contribution in [0.2, 0.25) is 0 Å². The number of ether oxygens (including phenoxy) is 1. The van der Waals surface area contributed by atoms with Crippen molar-refractivity contribution in [2.24, 2.45) is 0 Å². The second-order valence-corrected chi connectivity index (χ2v) is 5.80. The lowest BCUT2D eigenvalue weighted by Gasteiger charge is -2.15. The van der Waals surface area contributed by atoms with E-state index in [0.29, 0.717) is 0 Å². The molecule has 0 heterocycles. The standard InChI is InChI=1S/C19H21NO4/c1-13-8-14(2)10-16(9-13)11-17(18(21)22)20-19(23)24-12-15-6-4-3-5-7-15/h3-10,17H,11-12H2,1-2H3,(H,20,23)(H,21,22). The Labute approximate surface area is 141 Å². The highest BCUT2D eigenvalue weighted by Crippen LogP contribution is 2.11. The van der Waals surface area contributed by atoms with Crippen LogP contribution in [-0.2, 0) is 22.6 Å². The average molecular weight is 327 g/mol. The zero-order valence-electron chi connectivity index (χ0n) is 13.8. The van der Waals surface area contributed by atoms with E-state index < -0.39 is 18.1 Å². The highest BCUT2D eigenvalue weighted by Gasteiger charge is 2.21. The van der Waals surface area contributed by atoms with Crippen LogP contribution in [-0.4, -0.2) is 23.2 Å². The first-order valence-electron chi connectivity index (χ1n) is 7.71. The maximum atomic E-state index is 11.9. The molecule has 5 heteroatoms. The van der Waals surface area contributed by atoms with Gasteiger partial charge in [-0.25, -0.2) is 9.59 Å². The molecule has 0 aliphatic carbocycles. The average Bonchev–Trinajstić information content (AvgIpc) is 2.52. The normalized spacial score (nSPS) is 11.6. The van der Waals surface area contributed by atoms with Crippen LogP contribution in [0.5, 0.6) is 0 Å². The molecule has 0 radical (unpaired) electrons. The summed E-state index contributed by atoms with van der Waals surface area (Å²) in [5, 5.41) is 11.8. The van der Waals surface area contributed by atoms with Crippen molar-refractivity contribution in [3.8, 4) is 0 Å². The summed E-state index contributed by atoms with van der Waals surface area (Å²) in [7, 11) is 0. The van der Waals surface area contributed by atoms with E-state index in [1.54, 1.807) is 0 Å². The van der Waals surface area contributed by atoms with Crippen molar-refractivity contribution in [2.45, 2.75) is 32.9 Å². The van der Waals surface area contributed by atoms with E-state index in [2.05, 4.69) is 5.32 Å². The topological polar surface area (TPSA) is 75.6 Å². The van der Waals surface area contributed by atoms with Crippen molar-refractivity contribution in [3.63, 3.8) is 0 Å². The van der Waals surface area contributed by atoms with Crippen LogP contribution >= 0.6 is 0 Å². The van der Waals surface area contributed by atoms with Gasteiger partial charge in [-0.1, -0.05) is 59.7 Å². The van der Waals surface area contributed by atoms with Crippen LogP contribution in [0, 0.1) is 13.8 Å². The van der Waals surface area contributed by atoms with Gasteiger partial charge in [0, 0.05) is 6.42 Å². The Kier molecular flexibility index (Phi) is 5.95. The number of rotatable bonds is 6. The van der Waals surface area contributed by atoms with Crippen LogP contribution in [0.3, 0.4) is 0 Å². The quantitative estimate of drug-likeness (QED) is 0.854. The number of alkyl carbamates (subject to hydrolysis) is 1. The molecule has 0 bridgehead atoms. The number of aryl methyl sites for hydroxylation is 2. The monoisotopic (exact) mass is 327 g/mol. The first-order chi connectivity index (χ1) is 11.4. The minimum Gasteiger partial charge on any atom is -0.480 e. The molecule has 2 aromatic carbocycles. The van der Waals surface area contributed by atoms with E-state index in [4.69, 9.17) is 4.74 Å². The highest BCUT2D eigenvalue weighted by atomic mass is 16.5. The number of carboxylic acids is 1. The van der Waals surface area contributed by atoms with Gasteiger partial charge in [0.25, 0.3) is 0 Å². The minimum atomic E-state index is -1.09.